The second-order valence-corrected chi connectivity index (χ2v) is 7.12. The zero-order valence-electron chi connectivity index (χ0n) is 13.9. The van der Waals surface area contributed by atoms with Gasteiger partial charge in [0.1, 0.15) is 18.8 Å². The molecule has 1 aliphatic heterocycles. The lowest BCUT2D eigenvalue weighted by Gasteiger charge is -2.50. The molecular weight excluding hydrogens is 296 g/mol. The molecule has 1 heterocycles. The monoisotopic (exact) mass is 320 g/mol. The zero-order chi connectivity index (χ0) is 16.4. The van der Waals surface area contributed by atoms with Crippen molar-refractivity contribution in [3.05, 3.63) is 89.4 Å². The fourth-order valence-corrected chi connectivity index (χ4v) is 3.72. The number of quaternary nitrogens is 1. The van der Waals surface area contributed by atoms with Crippen LogP contribution in [0.15, 0.2) is 73.1 Å². The highest BCUT2D eigenvalue weighted by atomic mass is 16.5. The van der Waals surface area contributed by atoms with Crippen molar-refractivity contribution in [3.8, 4) is 0 Å². The van der Waals surface area contributed by atoms with Gasteiger partial charge in [0.05, 0.1) is 12.7 Å². The Morgan fingerprint density at radius 2 is 1.54 bits per heavy atom. The first-order chi connectivity index (χ1) is 11.7. The van der Waals surface area contributed by atoms with Crippen LogP contribution in [0, 0.1) is 11.1 Å². The molecule has 1 aliphatic carbocycles. The molecule has 2 aromatic rings. The highest BCUT2D eigenvalue weighted by Gasteiger charge is 2.43. The van der Waals surface area contributed by atoms with E-state index >= 15 is 0 Å². The maximum absolute atomic E-state index is 13.5. The van der Waals surface area contributed by atoms with E-state index in [0.29, 0.717) is 12.5 Å². The van der Waals surface area contributed by atoms with Gasteiger partial charge in [-0.2, -0.15) is 0 Å². The molecule has 24 heavy (non-hydrogen) atoms. The van der Waals surface area contributed by atoms with E-state index in [0.717, 1.165) is 18.7 Å². The van der Waals surface area contributed by atoms with E-state index < -0.39 is 0 Å². The standard InChI is InChI=1S/C21H24N2O/c24-23(17-19-9-5-2-6-10-19)14-13-22(16-21(23)20-11-12-20)15-18-7-3-1-4-8-18/h1-10,13-14,20-21H,11-12,15-17H2. The molecule has 3 heteroatoms. The van der Waals surface area contributed by atoms with Crippen molar-refractivity contribution in [3.63, 3.8) is 0 Å². The molecule has 0 saturated heterocycles. The highest BCUT2D eigenvalue weighted by molar-refractivity contribution is 5.16. The summed E-state index contributed by atoms with van der Waals surface area (Å²) in [6.45, 7) is 2.27. The fraction of sp³-hybridized carbons (Fsp3) is 0.333. The predicted octanol–water partition coefficient (Wildman–Crippen LogP) is 4.27. The minimum atomic E-state index is -0.208. The van der Waals surface area contributed by atoms with Crippen molar-refractivity contribution in [1.29, 1.82) is 0 Å². The van der Waals surface area contributed by atoms with E-state index in [9.17, 15) is 5.21 Å². The number of hydroxylamine groups is 3. The molecule has 124 valence electrons. The van der Waals surface area contributed by atoms with Gasteiger partial charge in [-0.15, -0.1) is 0 Å². The first kappa shape index (κ1) is 15.4. The summed E-state index contributed by atoms with van der Waals surface area (Å²) in [4.78, 5) is 2.30. The van der Waals surface area contributed by atoms with Crippen LogP contribution in [0.1, 0.15) is 24.0 Å². The first-order valence-corrected chi connectivity index (χ1v) is 8.83. The predicted molar refractivity (Wildman–Crippen MR) is 96.3 cm³/mol. The molecule has 0 bridgehead atoms. The minimum absolute atomic E-state index is 0.152. The number of benzene rings is 2. The van der Waals surface area contributed by atoms with Gasteiger partial charge in [-0.25, -0.2) is 0 Å². The second-order valence-electron chi connectivity index (χ2n) is 7.12. The number of rotatable bonds is 5. The van der Waals surface area contributed by atoms with Crippen molar-refractivity contribution in [1.82, 2.24) is 4.90 Å². The average molecular weight is 320 g/mol. The summed E-state index contributed by atoms with van der Waals surface area (Å²) in [6.07, 6.45) is 6.30. The van der Waals surface area contributed by atoms with Gasteiger partial charge in [0.25, 0.3) is 0 Å². The third kappa shape index (κ3) is 3.37. The Bertz CT molecular complexity index is 696. The Morgan fingerprint density at radius 1 is 0.917 bits per heavy atom. The van der Waals surface area contributed by atoms with E-state index in [4.69, 9.17) is 0 Å². The molecule has 2 atom stereocenters. The van der Waals surface area contributed by atoms with E-state index in [1.807, 2.05) is 36.7 Å². The van der Waals surface area contributed by atoms with Crippen molar-refractivity contribution in [2.75, 3.05) is 6.54 Å². The van der Waals surface area contributed by atoms with Gasteiger partial charge in [0.2, 0.25) is 0 Å². The Hall–Kier alpha value is -2.10. The highest BCUT2D eigenvalue weighted by Crippen LogP contribution is 2.41. The van der Waals surface area contributed by atoms with Crippen molar-refractivity contribution >= 4 is 0 Å². The third-order valence-corrected chi connectivity index (χ3v) is 5.18. The maximum atomic E-state index is 13.5. The van der Waals surface area contributed by atoms with Crippen LogP contribution in [-0.4, -0.2) is 22.1 Å². The number of hydrogen-bond acceptors (Lipinski definition) is 2. The van der Waals surface area contributed by atoms with Gasteiger partial charge in [-0.05, 0) is 18.4 Å². The molecule has 0 radical (unpaired) electrons. The quantitative estimate of drug-likeness (QED) is 0.607. The zero-order valence-corrected chi connectivity index (χ0v) is 13.9. The third-order valence-electron chi connectivity index (χ3n) is 5.18. The summed E-state index contributed by atoms with van der Waals surface area (Å²) < 4.78 is -0.208. The largest absolute Gasteiger partial charge is 0.627 e. The molecule has 0 spiro atoms. The molecule has 2 aliphatic rings. The summed E-state index contributed by atoms with van der Waals surface area (Å²) in [5, 5.41) is 13.5. The van der Waals surface area contributed by atoms with Crippen molar-refractivity contribution in [2.45, 2.75) is 32.0 Å². The Morgan fingerprint density at radius 3 is 2.17 bits per heavy atom. The Balaban J connectivity index is 1.53. The smallest absolute Gasteiger partial charge is 0.114 e. The normalized spacial score (nSPS) is 26.5. The minimum Gasteiger partial charge on any atom is -0.627 e. The van der Waals surface area contributed by atoms with Crippen molar-refractivity contribution < 1.29 is 4.65 Å². The molecule has 0 aromatic heterocycles. The van der Waals surface area contributed by atoms with Crippen LogP contribution in [0.5, 0.6) is 0 Å². The van der Waals surface area contributed by atoms with E-state index in [2.05, 4.69) is 41.3 Å². The topological polar surface area (TPSA) is 26.3 Å². The lowest BCUT2D eigenvalue weighted by atomic mass is 10.1. The maximum Gasteiger partial charge on any atom is 0.114 e. The first-order valence-electron chi connectivity index (χ1n) is 8.83. The Kier molecular flexibility index (Phi) is 4.13. The van der Waals surface area contributed by atoms with Gasteiger partial charge >= 0.3 is 0 Å². The summed E-state index contributed by atoms with van der Waals surface area (Å²) >= 11 is 0. The van der Waals surface area contributed by atoms with Gasteiger partial charge in [0.15, 0.2) is 0 Å². The van der Waals surface area contributed by atoms with Crippen LogP contribution in [0.3, 0.4) is 0 Å². The average Bonchev–Trinajstić information content (AvgIpc) is 3.43. The summed E-state index contributed by atoms with van der Waals surface area (Å²) in [7, 11) is 0. The fourth-order valence-electron chi connectivity index (χ4n) is 3.72. The van der Waals surface area contributed by atoms with Crippen LogP contribution in [-0.2, 0) is 13.1 Å². The van der Waals surface area contributed by atoms with E-state index in [1.54, 1.807) is 0 Å². The van der Waals surface area contributed by atoms with Gasteiger partial charge in [-0.1, -0.05) is 60.7 Å². The lowest BCUT2D eigenvalue weighted by Crippen LogP contribution is -2.54. The van der Waals surface area contributed by atoms with Crippen LogP contribution in [0.25, 0.3) is 0 Å². The molecule has 1 fully saturated rings. The molecule has 1 saturated carbocycles. The van der Waals surface area contributed by atoms with Crippen molar-refractivity contribution in [2.24, 2.45) is 5.92 Å². The van der Waals surface area contributed by atoms with Gasteiger partial charge < -0.3 is 14.8 Å². The lowest BCUT2D eigenvalue weighted by molar-refractivity contribution is -0.874. The number of nitrogens with zero attached hydrogens (tertiary/aromatic N) is 2. The number of hydrogen-bond donors (Lipinski definition) is 0. The van der Waals surface area contributed by atoms with Crippen LogP contribution in [0.2, 0.25) is 0 Å². The Labute approximate surface area is 144 Å². The van der Waals surface area contributed by atoms with Crippen LogP contribution >= 0.6 is 0 Å². The summed E-state index contributed by atoms with van der Waals surface area (Å²) in [5.41, 5.74) is 2.42. The molecule has 4 rings (SSSR count). The molecule has 2 aromatic carbocycles. The molecular formula is C21H24N2O. The van der Waals surface area contributed by atoms with Gasteiger partial charge in [0, 0.05) is 18.0 Å². The second kappa shape index (κ2) is 6.42. The molecule has 0 amide bonds. The summed E-state index contributed by atoms with van der Waals surface area (Å²) in [6, 6.07) is 20.8. The summed E-state index contributed by atoms with van der Waals surface area (Å²) in [5.74, 6) is 0.578. The SMILES string of the molecule is [O-][N+]1(Cc2ccccc2)C=CN(Cc2ccccc2)CC1C1CC1. The van der Waals surface area contributed by atoms with Gasteiger partial charge in [-0.3, -0.25) is 0 Å². The molecule has 0 N–H and O–H groups in total. The van der Waals surface area contributed by atoms with Crippen LogP contribution in [0.4, 0.5) is 0 Å². The van der Waals surface area contributed by atoms with E-state index in [-0.39, 0.29) is 10.7 Å². The molecule has 3 nitrogen and oxygen atoms in total. The van der Waals surface area contributed by atoms with E-state index in [1.165, 1.54) is 18.4 Å². The molecule has 2 unspecified atom stereocenters. The van der Waals surface area contributed by atoms with Crippen LogP contribution < -0.4 is 0 Å².